The Morgan fingerprint density at radius 2 is 2.00 bits per heavy atom. The molecule has 1 aromatic carbocycles. The molecule has 0 unspecified atom stereocenters. The molecule has 0 bridgehead atoms. The number of esters is 1. The lowest BCUT2D eigenvalue weighted by Gasteiger charge is -2.11. The quantitative estimate of drug-likeness (QED) is 0.351. The van der Waals surface area contributed by atoms with Crippen molar-refractivity contribution in [2.24, 2.45) is 5.92 Å². The summed E-state index contributed by atoms with van der Waals surface area (Å²) in [5.74, 6) is -0.728. The van der Waals surface area contributed by atoms with E-state index in [1.165, 1.54) is 6.08 Å². The largest absolute Gasteiger partial charge is 0.451 e. The SMILES string of the molecule is Cc1cc(/C=C(/C#N)C(=O)OCC(=O)NCc2ccccc2Cl)c(C)n1CCC(C)C. The monoisotopic (exact) mass is 441 g/mol. The van der Waals surface area contributed by atoms with Crippen molar-refractivity contribution in [1.82, 2.24) is 9.88 Å². The maximum atomic E-state index is 12.3. The van der Waals surface area contributed by atoms with E-state index >= 15 is 0 Å². The lowest BCUT2D eigenvalue weighted by Crippen LogP contribution is -2.28. The van der Waals surface area contributed by atoms with Crippen LogP contribution in [0.3, 0.4) is 0 Å². The average molecular weight is 442 g/mol. The first-order chi connectivity index (χ1) is 14.7. The van der Waals surface area contributed by atoms with Crippen LogP contribution in [0.2, 0.25) is 5.02 Å². The smallest absolute Gasteiger partial charge is 0.349 e. The summed E-state index contributed by atoms with van der Waals surface area (Å²) in [5, 5.41) is 12.6. The summed E-state index contributed by atoms with van der Waals surface area (Å²) in [6.45, 7) is 8.92. The molecule has 0 fully saturated rings. The number of nitriles is 1. The molecule has 0 saturated heterocycles. The molecule has 7 heteroatoms. The number of carbonyl (C=O) groups is 2. The van der Waals surface area contributed by atoms with Crippen LogP contribution < -0.4 is 5.32 Å². The van der Waals surface area contributed by atoms with Crippen molar-refractivity contribution in [2.45, 2.75) is 47.2 Å². The van der Waals surface area contributed by atoms with Gasteiger partial charge in [0.05, 0.1) is 0 Å². The molecular weight excluding hydrogens is 414 g/mol. The number of amides is 1. The van der Waals surface area contributed by atoms with Gasteiger partial charge in [-0.3, -0.25) is 4.79 Å². The van der Waals surface area contributed by atoms with Crippen molar-refractivity contribution < 1.29 is 14.3 Å². The minimum absolute atomic E-state index is 0.150. The maximum absolute atomic E-state index is 12.3. The van der Waals surface area contributed by atoms with E-state index in [0.717, 1.165) is 35.5 Å². The van der Waals surface area contributed by atoms with Gasteiger partial charge in [0.2, 0.25) is 0 Å². The number of aromatic nitrogens is 1. The summed E-state index contributed by atoms with van der Waals surface area (Å²) in [4.78, 5) is 24.3. The highest BCUT2D eigenvalue weighted by atomic mass is 35.5. The van der Waals surface area contributed by atoms with Gasteiger partial charge in [0.25, 0.3) is 5.91 Å². The Balaban J connectivity index is 1.98. The van der Waals surface area contributed by atoms with E-state index in [0.29, 0.717) is 10.9 Å². The lowest BCUT2D eigenvalue weighted by atomic mass is 10.1. The van der Waals surface area contributed by atoms with Crippen LogP contribution in [0.25, 0.3) is 6.08 Å². The van der Waals surface area contributed by atoms with Crippen LogP contribution >= 0.6 is 11.6 Å². The Labute approximate surface area is 188 Å². The zero-order valence-corrected chi connectivity index (χ0v) is 19.1. The van der Waals surface area contributed by atoms with Crippen LogP contribution in [-0.4, -0.2) is 23.1 Å². The first-order valence-electron chi connectivity index (χ1n) is 10.2. The third-order valence-corrected chi connectivity index (χ3v) is 5.32. The van der Waals surface area contributed by atoms with Crippen LogP contribution in [0.5, 0.6) is 0 Å². The summed E-state index contributed by atoms with van der Waals surface area (Å²) in [6, 6.07) is 11.0. The molecule has 31 heavy (non-hydrogen) atoms. The third kappa shape index (κ3) is 7.01. The summed E-state index contributed by atoms with van der Waals surface area (Å²) in [6.07, 6.45) is 2.55. The average Bonchev–Trinajstić information content (AvgIpc) is 3.00. The molecule has 0 atom stereocenters. The number of hydrogen-bond acceptors (Lipinski definition) is 4. The Morgan fingerprint density at radius 1 is 1.29 bits per heavy atom. The molecule has 0 saturated carbocycles. The van der Waals surface area contributed by atoms with Gasteiger partial charge in [-0.25, -0.2) is 4.79 Å². The van der Waals surface area contributed by atoms with Gasteiger partial charge in [-0.05, 0) is 55.5 Å². The maximum Gasteiger partial charge on any atom is 0.349 e. The van der Waals surface area contributed by atoms with Gasteiger partial charge in [-0.15, -0.1) is 0 Å². The molecule has 164 valence electrons. The Morgan fingerprint density at radius 3 is 2.65 bits per heavy atom. The zero-order chi connectivity index (χ0) is 23.0. The molecule has 6 nitrogen and oxygen atoms in total. The second-order valence-electron chi connectivity index (χ2n) is 7.77. The fraction of sp³-hybridized carbons (Fsp3) is 0.375. The number of hydrogen-bond donors (Lipinski definition) is 1. The van der Waals surface area contributed by atoms with Gasteiger partial charge in [-0.1, -0.05) is 43.6 Å². The number of nitrogens with zero attached hydrogens (tertiary/aromatic N) is 2. The lowest BCUT2D eigenvalue weighted by molar-refractivity contribution is -0.144. The van der Waals surface area contributed by atoms with Crippen LogP contribution in [0.4, 0.5) is 0 Å². The number of carbonyl (C=O) groups excluding carboxylic acids is 2. The van der Waals surface area contributed by atoms with Gasteiger partial charge in [-0.2, -0.15) is 5.26 Å². The van der Waals surface area contributed by atoms with E-state index < -0.39 is 18.5 Å². The molecule has 0 aliphatic rings. The highest BCUT2D eigenvalue weighted by Gasteiger charge is 2.16. The molecule has 1 amide bonds. The van der Waals surface area contributed by atoms with E-state index in [1.54, 1.807) is 18.2 Å². The van der Waals surface area contributed by atoms with E-state index in [1.807, 2.05) is 32.0 Å². The van der Waals surface area contributed by atoms with Crippen LogP contribution in [0, 0.1) is 31.1 Å². The third-order valence-electron chi connectivity index (χ3n) is 4.95. The summed E-state index contributed by atoms with van der Waals surface area (Å²) >= 11 is 6.05. The molecular formula is C24H28ClN3O3. The first kappa shape index (κ1) is 24.2. The molecule has 2 aromatic rings. The molecule has 0 aliphatic heterocycles. The van der Waals surface area contributed by atoms with Crippen molar-refractivity contribution in [3.8, 4) is 6.07 Å². The van der Waals surface area contributed by atoms with Crippen LogP contribution in [0.15, 0.2) is 35.9 Å². The van der Waals surface area contributed by atoms with Crippen molar-refractivity contribution in [1.29, 1.82) is 5.26 Å². The van der Waals surface area contributed by atoms with Crippen molar-refractivity contribution in [2.75, 3.05) is 6.61 Å². The first-order valence-corrected chi connectivity index (χ1v) is 10.6. The zero-order valence-electron chi connectivity index (χ0n) is 18.4. The number of nitrogens with one attached hydrogen (secondary N) is 1. The summed E-state index contributed by atoms with van der Waals surface area (Å²) < 4.78 is 7.20. The number of aryl methyl sites for hydroxylation is 1. The molecule has 0 aliphatic carbocycles. The highest BCUT2D eigenvalue weighted by Crippen LogP contribution is 2.20. The predicted octanol–water partition coefficient (Wildman–Crippen LogP) is 4.57. The summed E-state index contributed by atoms with van der Waals surface area (Å²) in [5.41, 5.74) is 3.44. The van der Waals surface area contributed by atoms with E-state index in [2.05, 4.69) is 23.7 Å². The highest BCUT2D eigenvalue weighted by molar-refractivity contribution is 6.31. The van der Waals surface area contributed by atoms with Crippen LogP contribution in [0.1, 0.15) is 42.8 Å². The molecule has 0 spiro atoms. The minimum atomic E-state index is -0.831. The van der Waals surface area contributed by atoms with Gasteiger partial charge in [0, 0.05) is 29.5 Å². The molecule has 2 rings (SSSR count). The predicted molar refractivity (Wildman–Crippen MR) is 121 cm³/mol. The molecule has 0 radical (unpaired) electrons. The van der Waals surface area contributed by atoms with E-state index in [-0.39, 0.29) is 12.1 Å². The Kier molecular flexibility index (Phi) is 8.89. The fourth-order valence-electron chi connectivity index (χ4n) is 3.09. The molecule has 1 heterocycles. The van der Waals surface area contributed by atoms with Gasteiger partial charge in [0.1, 0.15) is 11.6 Å². The number of rotatable bonds is 9. The Bertz CT molecular complexity index is 1020. The van der Waals surface area contributed by atoms with Crippen molar-refractivity contribution >= 4 is 29.6 Å². The van der Waals surface area contributed by atoms with E-state index in [4.69, 9.17) is 16.3 Å². The number of benzene rings is 1. The van der Waals surface area contributed by atoms with E-state index in [9.17, 15) is 14.9 Å². The Hall–Kier alpha value is -3.04. The van der Waals surface area contributed by atoms with Gasteiger partial charge >= 0.3 is 5.97 Å². The number of ether oxygens (including phenoxy) is 1. The summed E-state index contributed by atoms with van der Waals surface area (Å²) in [7, 11) is 0. The number of halogens is 1. The second-order valence-corrected chi connectivity index (χ2v) is 8.18. The topological polar surface area (TPSA) is 84.1 Å². The molecule has 1 N–H and O–H groups in total. The van der Waals surface area contributed by atoms with Gasteiger partial charge < -0.3 is 14.6 Å². The normalized spacial score (nSPS) is 11.3. The van der Waals surface area contributed by atoms with Gasteiger partial charge in [0.15, 0.2) is 6.61 Å². The standard InChI is InChI=1S/C24H28ClN3O3/c1-16(2)9-10-28-17(3)11-20(18(28)4)12-21(13-26)24(30)31-15-23(29)27-14-19-7-5-6-8-22(19)25/h5-8,11-12,16H,9-10,14-15H2,1-4H3,(H,27,29)/b21-12-. The van der Waals surface area contributed by atoms with Crippen molar-refractivity contribution in [3.05, 3.63) is 63.4 Å². The molecule has 1 aromatic heterocycles. The second kappa shape index (κ2) is 11.4. The minimum Gasteiger partial charge on any atom is -0.451 e. The fourth-order valence-corrected chi connectivity index (χ4v) is 3.30. The van der Waals surface area contributed by atoms with Crippen molar-refractivity contribution in [3.63, 3.8) is 0 Å². The van der Waals surface area contributed by atoms with Crippen LogP contribution in [-0.2, 0) is 27.4 Å².